The Morgan fingerprint density at radius 2 is 1.73 bits per heavy atom. The van der Waals surface area contributed by atoms with Crippen molar-refractivity contribution in [3.63, 3.8) is 0 Å². The van der Waals surface area contributed by atoms with Gasteiger partial charge in [0.2, 0.25) is 0 Å². The molecular formula is C15H14F2O3S2. The van der Waals surface area contributed by atoms with E-state index in [0.717, 1.165) is 23.3 Å². The topological polar surface area (TPSA) is 54.4 Å². The summed E-state index contributed by atoms with van der Waals surface area (Å²) in [5.74, 6) is -1.72. The minimum Gasteiger partial charge on any atom is -0.388 e. The van der Waals surface area contributed by atoms with Gasteiger partial charge in [0, 0.05) is 16.9 Å². The first-order valence-electron chi connectivity index (χ1n) is 6.33. The van der Waals surface area contributed by atoms with Crippen molar-refractivity contribution in [2.45, 2.75) is 15.9 Å². The molecular weight excluding hydrogens is 330 g/mol. The van der Waals surface area contributed by atoms with E-state index in [0.29, 0.717) is 5.56 Å². The molecule has 0 saturated carbocycles. The minimum atomic E-state index is -3.24. The monoisotopic (exact) mass is 344 g/mol. The molecule has 118 valence electrons. The molecule has 0 amide bonds. The average Bonchev–Trinajstić information content (AvgIpc) is 2.47. The Morgan fingerprint density at radius 1 is 1.09 bits per heavy atom. The summed E-state index contributed by atoms with van der Waals surface area (Å²) in [4.78, 5) is 0.993. The van der Waals surface area contributed by atoms with Crippen LogP contribution >= 0.6 is 11.8 Å². The van der Waals surface area contributed by atoms with Gasteiger partial charge >= 0.3 is 0 Å². The molecule has 22 heavy (non-hydrogen) atoms. The Labute approximate surface area is 131 Å². The molecule has 0 fully saturated rings. The van der Waals surface area contributed by atoms with Crippen molar-refractivity contribution in [1.29, 1.82) is 0 Å². The molecule has 0 spiro atoms. The highest BCUT2D eigenvalue weighted by Crippen LogP contribution is 2.26. The molecule has 7 heteroatoms. The van der Waals surface area contributed by atoms with Crippen LogP contribution in [0.4, 0.5) is 8.78 Å². The fourth-order valence-electron chi connectivity index (χ4n) is 1.77. The summed E-state index contributed by atoms with van der Waals surface area (Å²) in [6, 6.07) is 9.52. The molecule has 0 radical (unpaired) electrons. The lowest BCUT2D eigenvalue weighted by atomic mass is 10.1. The molecule has 2 aromatic carbocycles. The maximum atomic E-state index is 13.1. The van der Waals surface area contributed by atoms with Crippen LogP contribution in [0.2, 0.25) is 0 Å². The summed E-state index contributed by atoms with van der Waals surface area (Å²) in [5.41, 5.74) is 0.291. The quantitative estimate of drug-likeness (QED) is 0.847. The fourth-order valence-corrected chi connectivity index (χ4v) is 3.28. The van der Waals surface area contributed by atoms with E-state index in [2.05, 4.69) is 0 Å². The molecule has 0 aliphatic carbocycles. The number of thioether (sulfide) groups is 1. The van der Waals surface area contributed by atoms with E-state index < -0.39 is 27.6 Å². The second kappa shape index (κ2) is 6.76. The van der Waals surface area contributed by atoms with Gasteiger partial charge in [-0.2, -0.15) is 0 Å². The molecule has 3 nitrogen and oxygen atoms in total. The number of hydrogen-bond donors (Lipinski definition) is 1. The van der Waals surface area contributed by atoms with E-state index in [1.807, 2.05) is 0 Å². The molecule has 0 aliphatic rings. The van der Waals surface area contributed by atoms with Gasteiger partial charge in [-0.25, -0.2) is 17.2 Å². The van der Waals surface area contributed by atoms with E-state index >= 15 is 0 Å². The van der Waals surface area contributed by atoms with Crippen molar-refractivity contribution in [1.82, 2.24) is 0 Å². The van der Waals surface area contributed by atoms with E-state index in [9.17, 15) is 22.3 Å². The first-order chi connectivity index (χ1) is 10.3. The van der Waals surface area contributed by atoms with E-state index in [1.165, 1.54) is 30.0 Å². The zero-order valence-electron chi connectivity index (χ0n) is 11.7. The molecule has 0 heterocycles. The Morgan fingerprint density at radius 3 is 2.27 bits per heavy atom. The predicted molar refractivity (Wildman–Crippen MR) is 81.6 cm³/mol. The highest BCUT2D eigenvalue weighted by Gasteiger charge is 2.12. The highest BCUT2D eigenvalue weighted by atomic mass is 32.2. The Hall–Kier alpha value is -1.44. The van der Waals surface area contributed by atoms with Crippen molar-refractivity contribution in [2.24, 2.45) is 0 Å². The first-order valence-corrected chi connectivity index (χ1v) is 9.21. The Bertz CT molecular complexity index is 759. The lowest BCUT2D eigenvalue weighted by Gasteiger charge is -2.11. The van der Waals surface area contributed by atoms with E-state index in [1.54, 1.807) is 12.1 Å². The number of hydrogen-bond acceptors (Lipinski definition) is 4. The zero-order valence-corrected chi connectivity index (χ0v) is 13.3. The van der Waals surface area contributed by atoms with Crippen LogP contribution < -0.4 is 0 Å². The van der Waals surface area contributed by atoms with Gasteiger partial charge in [-0.05, 0) is 42.0 Å². The first kappa shape index (κ1) is 16.9. The third-order valence-electron chi connectivity index (χ3n) is 2.99. The SMILES string of the molecule is CS(=O)(=O)c1ccc(SCC(O)c2ccc(F)c(F)c2)cc1. The second-order valence-electron chi connectivity index (χ2n) is 4.74. The third kappa shape index (κ3) is 4.28. The maximum Gasteiger partial charge on any atom is 0.175 e. The van der Waals surface area contributed by atoms with Crippen LogP contribution in [0.15, 0.2) is 52.3 Å². The smallest absolute Gasteiger partial charge is 0.175 e. The van der Waals surface area contributed by atoms with Crippen LogP contribution in [0, 0.1) is 11.6 Å². The Balaban J connectivity index is 2.01. The zero-order chi connectivity index (χ0) is 16.3. The summed E-state index contributed by atoms with van der Waals surface area (Å²) in [6.07, 6.45) is 0.178. The van der Waals surface area contributed by atoms with Crippen LogP contribution in [0.25, 0.3) is 0 Å². The number of halogens is 2. The van der Waals surface area contributed by atoms with Crippen LogP contribution in [0.5, 0.6) is 0 Å². The van der Waals surface area contributed by atoms with Gasteiger partial charge in [0.15, 0.2) is 21.5 Å². The summed E-state index contributed by atoms with van der Waals surface area (Å²) in [5, 5.41) is 9.98. The molecule has 2 rings (SSSR count). The molecule has 2 aromatic rings. The van der Waals surface area contributed by atoms with Gasteiger partial charge < -0.3 is 5.11 Å². The van der Waals surface area contributed by atoms with Crippen LogP contribution in [0.3, 0.4) is 0 Å². The van der Waals surface area contributed by atoms with Crippen molar-refractivity contribution in [3.8, 4) is 0 Å². The van der Waals surface area contributed by atoms with Crippen LogP contribution in [-0.2, 0) is 9.84 Å². The maximum absolute atomic E-state index is 13.1. The largest absolute Gasteiger partial charge is 0.388 e. The van der Waals surface area contributed by atoms with Gasteiger partial charge in [0.25, 0.3) is 0 Å². The van der Waals surface area contributed by atoms with Crippen molar-refractivity contribution in [2.75, 3.05) is 12.0 Å². The molecule has 0 aromatic heterocycles. The van der Waals surface area contributed by atoms with Crippen LogP contribution in [-0.4, -0.2) is 25.5 Å². The van der Waals surface area contributed by atoms with Gasteiger partial charge in [-0.15, -0.1) is 11.8 Å². The van der Waals surface area contributed by atoms with E-state index in [-0.39, 0.29) is 10.6 Å². The molecule has 1 atom stereocenters. The fraction of sp³-hybridized carbons (Fsp3) is 0.200. The molecule has 1 N–H and O–H groups in total. The van der Waals surface area contributed by atoms with Crippen molar-refractivity contribution >= 4 is 21.6 Å². The van der Waals surface area contributed by atoms with Gasteiger partial charge in [0.1, 0.15) is 0 Å². The summed E-state index contributed by atoms with van der Waals surface area (Å²) >= 11 is 1.29. The van der Waals surface area contributed by atoms with Crippen LogP contribution in [0.1, 0.15) is 11.7 Å². The lowest BCUT2D eigenvalue weighted by molar-refractivity contribution is 0.203. The number of sulfone groups is 1. The lowest BCUT2D eigenvalue weighted by Crippen LogP contribution is -2.02. The number of rotatable bonds is 5. The van der Waals surface area contributed by atoms with Gasteiger partial charge in [-0.1, -0.05) is 6.07 Å². The number of benzene rings is 2. The third-order valence-corrected chi connectivity index (χ3v) is 5.20. The number of aliphatic hydroxyl groups excluding tert-OH is 1. The number of aliphatic hydroxyl groups is 1. The minimum absolute atomic E-state index is 0.220. The van der Waals surface area contributed by atoms with Crippen molar-refractivity contribution in [3.05, 3.63) is 59.7 Å². The van der Waals surface area contributed by atoms with Gasteiger partial charge in [0.05, 0.1) is 11.0 Å². The normalized spacial score (nSPS) is 13.1. The van der Waals surface area contributed by atoms with Gasteiger partial charge in [-0.3, -0.25) is 0 Å². The summed E-state index contributed by atoms with van der Waals surface area (Å²) in [7, 11) is -3.24. The summed E-state index contributed by atoms with van der Waals surface area (Å²) < 4.78 is 48.6. The second-order valence-corrected chi connectivity index (χ2v) is 7.85. The molecule has 1 unspecified atom stereocenters. The Kier molecular flexibility index (Phi) is 5.20. The van der Waals surface area contributed by atoms with E-state index in [4.69, 9.17) is 0 Å². The average molecular weight is 344 g/mol. The molecule has 0 saturated heterocycles. The molecule has 0 bridgehead atoms. The highest BCUT2D eigenvalue weighted by molar-refractivity contribution is 7.99. The standard InChI is InChI=1S/C15H14F2O3S2/c1-22(19,20)12-5-3-11(4-6-12)21-9-15(18)10-2-7-13(16)14(17)8-10/h2-8,15,18H,9H2,1H3. The van der Waals surface area contributed by atoms with Crippen molar-refractivity contribution < 1.29 is 22.3 Å². The molecule has 0 aliphatic heterocycles. The predicted octanol–water partition coefficient (Wildman–Crippen LogP) is 3.19. The summed E-state index contributed by atoms with van der Waals surface area (Å²) in [6.45, 7) is 0.